The minimum Gasteiger partial charge on any atom is -0.485 e. The molecule has 2 aliphatic rings. The van der Waals surface area contributed by atoms with Gasteiger partial charge in [0, 0.05) is 0 Å². The normalized spacial score (nSPS) is 16.2. The molecule has 23 heavy (non-hydrogen) atoms. The van der Waals surface area contributed by atoms with Crippen LogP contribution < -0.4 is 14.8 Å². The van der Waals surface area contributed by atoms with Gasteiger partial charge in [-0.05, 0) is 25.7 Å². The zero-order valence-electron chi connectivity index (χ0n) is 12.6. The van der Waals surface area contributed by atoms with E-state index < -0.39 is 0 Å². The number of carbonyl (C=O) groups excluding carboxylic acids is 1. The summed E-state index contributed by atoms with van der Waals surface area (Å²) < 4.78 is 16.6. The maximum Gasteiger partial charge on any atom is 0.350 e. The van der Waals surface area contributed by atoms with Crippen LogP contribution in [0.1, 0.15) is 40.2 Å². The second-order valence-corrected chi connectivity index (χ2v) is 7.38. The first-order valence-corrected chi connectivity index (χ1v) is 9.21. The van der Waals surface area contributed by atoms with Crippen LogP contribution in [-0.4, -0.2) is 30.8 Å². The van der Waals surface area contributed by atoms with Gasteiger partial charge in [0.15, 0.2) is 16.6 Å². The van der Waals surface area contributed by atoms with E-state index in [-0.39, 0.29) is 5.97 Å². The quantitative estimate of drug-likeness (QED) is 0.826. The summed E-state index contributed by atoms with van der Waals surface area (Å²) in [6.07, 6.45) is 3.95. The number of rotatable bonds is 5. The van der Waals surface area contributed by atoms with E-state index in [1.165, 1.54) is 35.3 Å². The zero-order chi connectivity index (χ0) is 15.8. The first kappa shape index (κ1) is 14.8. The number of anilines is 2. The lowest BCUT2D eigenvalue weighted by Gasteiger charge is -2.17. The molecule has 0 amide bonds. The average molecular weight is 352 g/mol. The predicted molar refractivity (Wildman–Crippen MR) is 88.6 cm³/mol. The van der Waals surface area contributed by atoms with Crippen molar-refractivity contribution in [2.24, 2.45) is 0 Å². The Balaban J connectivity index is 1.58. The van der Waals surface area contributed by atoms with Gasteiger partial charge in [-0.15, -0.1) is 11.3 Å². The largest absolute Gasteiger partial charge is 0.485 e. The molecule has 0 unspecified atom stereocenters. The minimum absolute atomic E-state index is 0.343. The van der Waals surface area contributed by atoms with Crippen molar-refractivity contribution < 1.29 is 19.0 Å². The van der Waals surface area contributed by atoms with Crippen LogP contribution in [0.25, 0.3) is 0 Å². The topological polar surface area (TPSA) is 69.7 Å². The lowest BCUT2D eigenvalue weighted by atomic mass is 10.3. The fraction of sp³-hybridized carbons (Fsp3) is 0.467. The van der Waals surface area contributed by atoms with E-state index >= 15 is 0 Å². The molecule has 2 aromatic rings. The maximum absolute atomic E-state index is 11.7. The molecule has 0 aromatic carbocycles. The fourth-order valence-corrected chi connectivity index (χ4v) is 4.43. The summed E-state index contributed by atoms with van der Waals surface area (Å²) in [4.78, 5) is 17.7. The number of hydrogen-bond donors (Lipinski definition) is 1. The van der Waals surface area contributed by atoms with Crippen molar-refractivity contribution in [2.45, 2.75) is 25.7 Å². The Hall–Kier alpha value is -1.80. The predicted octanol–water partition coefficient (Wildman–Crippen LogP) is 3.77. The third-order valence-electron chi connectivity index (χ3n) is 3.58. The molecule has 0 spiro atoms. The van der Waals surface area contributed by atoms with Crippen LogP contribution in [0.2, 0.25) is 0 Å². The Morgan fingerprint density at radius 1 is 1.35 bits per heavy atom. The summed E-state index contributed by atoms with van der Waals surface area (Å²) in [5, 5.41) is 4.81. The van der Waals surface area contributed by atoms with E-state index in [2.05, 4.69) is 10.3 Å². The van der Waals surface area contributed by atoms with Crippen LogP contribution in [0, 0.1) is 0 Å². The van der Waals surface area contributed by atoms with E-state index in [9.17, 15) is 4.79 Å². The van der Waals surface area contributed by atoms with Gasteiger partial charge in [0.05, 0.1) is 17.7 Å². The number of hydrogen-bond acceptors (Lipinski definition) is 8. The second kappa shape index (κ2) is 6.01. The molecule has 1 fully saturated rings. The number of thiazole rings is 1. The number of carbonyl (C=O) groups is 1. The highest BCUT2D eigenvalue weighted by molar-refractivity contribution is 7.19. The van der Waals surface area contributed by atoms with E-state index in [0.29, 0.717) is 35.7 Å². The van der Waals surface area contributed by atoms with Gasteiger partial charge in [-0.25, -0.2) is 9.78 Å². The van der Waals surface area contributed by atoms with Crippen molar-refractivity contribution in [2.75, 3.05) is 25.1 Å². The molecule has 2 aromatic heterocycles. The minimum atomic E-state index is -0.343. The highest BCUT2D eigenvalue weighted by Gasteiger charge is 2.34. The second-order valence-electron chi connectivity index (χ2n) is 5.30. The molecule has 1 aliphatic heterocycles. The van der Waals surface area contributed by atoms with Gasteiger partial charge in [0.25, 0.3) is 0 Å². The van der Waals surface area contributed by atoms with Crippen LogP contribution in [0.15, 0.2) is 6.20 Å². The van der Waals surface area contributed by atoms with Gasteiger partial charge in [-0.2, -0.15) is 0 Å². The highest BCUT2D eigenvalue weighted by Crippen LogP contribution is 2.57. The molecule has 8 heteroatoms. The Bertz CT molecular complexity index is 736. The fourth-order valence-electron chi connectivity index (χ4n) is 2.40. The van der Waals surface area contributed by atoms with Crippen molar-refractivity contribution >= 4 is 38.8 Å². The molecular weight excluding hydrogens is 336 g/mol. The van der Waals surface area contributed by atoms with Gasteiger partial charge in [-0.1, -0.05) is 11.3 Å². The first-order valence-electron chi connectivity index (χ1n) is 7.58. The van der Waals surface area contributed by atoms with Gasteiger partial charge >= 0.3 is 5.97 Å². The SMILES string of the molecule is CCOC(=O)c1cnc(Nc2sc(C3CC3)c3c2OCCO3)s1. The lowest BCUT2D eigenvalue weighted by molar-refractivity contribution is 0.0532. The Labute approximate surface area is 141 Å². The van der Waals surface area contributed by atoms with Gasteiger partial charge < -0.3 is 19.5 Å². The Kier molecular flexibility index (Phi) is 3.86. The highest BCUT2D eigenvalue weighted by atomic mass is 32.1. The van der Waals surface area contributed by atoms with Crippen LogP contribution in [0.5, 0.6) is 11.5 Å². The van der Waals surface area contributed by atoms with Crippen molar-refractivity contribution in [3.63, 3.8) is 0 Å². The van der Waals surface area contributed by atoms with E-state index in [1.54, 1.807) is 18.3 Å². The molecule has 3 heterocycles. The van der Waals surface area contributed by atoms with Crippen molar-refractivity contribution in [1.82, 2.24) is 4.98 Å². The maximum atomic E-state index is 11.7. The summed E-state index contributed by atoms with van der Waals surface area (Å²) in [5.74, 6) is 1.91. The van der Waals surface area contributed by atoms with Crippen LogP contribution >= 0.6 is 22.7 Å². The number of aromatic nitrogens is 1. The van der Waals surface area contributed by atoms with Gasteiger partial charge in [-0.3, -0.25) is 0 Å². The summed E-state index contributed by atoms with van der Waals surface area (Å²) in [5.41, 5.74) is 0. The molecule has 4 rings (SSSR count). The number of nitrogens with zero attached hydrogens (tertiary/aromatic N) is 1. The summed E-state index contributed by atoms with van der Waals surface area (Å²) in [6, 6.07) is 0. The molecule has 0 atom stereocenters. The lowest BCUT2D eigenvalue weighted by Crippen LogP contribution is -2.15. The number of fused-ring (bicyclic) bond motifs is 1. The Morgan fingerprint density at radius 3 is 2.87 bits per heavy atom. The van der Waals surface area contributed by atoms with Crippen molar-refractivity contribution in [3.05, 3.63) is 16.0 Å². The summed E-state index contributed by atoms with van der Waals surface area (Å²) >= 11 is 2.93. The molecule has 1 aliphatic carbocycles. The van der Waals surface area contributed by atoms with Crippen LogP contribution in [0.4, 0.5) is 10.1 Å². The Morgan fingerprint density at radius 2 is 2.13 bits per heavy atom. The number of thiophene rings is 1. The summed E-state index contributed by atoms with van der Waals surface area (Å²) in [7, 11) is 0. The number of esters is 1. The standard InChI is InChI=1S/C15H16N2O4S2/c1-2-19-14(18)9-7-16-15(22-9)17-13-11-10(20-5-6-21-11)12(23-13)8-3-4-8/h7-8H,2-6H2,1H3,(H,16,17). The molecule has 122 valence electrons. The van der Waals surface area contributed by atoms with Crippen molar-refractivity contribution in [3.8, 4) is 11.5 Å². The summed E-state index contributed by atoms with van der Waals surface area (Å²) in [6.45, 7) is 3.28. The molecule has 6 nitrogen and oxygen atoms in total. The zero-order valence-corrected chi connectivity index (χ0v) is 14.2. The van der Waals surface area contributed by atoms with E-state index in [1.807, 2.05) is 0 Å². The average Bonchev–Trinajstić information content (AvgIpc) is 3.19. The number of nitrogens with one attached hydrogen (secondary N) is 1. The van der Waals surface area contributed by atoms with E-state index in [4.69, 9.17) is 14.2 Å². The molecule has 0 saturated heterocycles. The smallest absolute Gasteiger partial charge is 0.350 e. The van der Waals surface area contributed by atoms with E-state index in [0.717, 1.165) is 16.5 Å². The van der Waals surface area contributed by atoms with Crippen molar-refractivity contribution in [1.29, 1.82) is 0 Å². The van der Waals surface area contributed by atoms with Crippen LogP contribution in [-0.2, 0) is 4.74 Å². The third-order valence-corrected chi connectivity index (χ3v) is 5.70. The number of ether oxygens (including phenoxy) is 3. The molecule has 0 radical (unpaired) electrons. The van der Waals surface area contributed by atoms with Crippen LogP contribution in [0.3, 0.4) is 0 Å². The molecule has 1 N–H and O–H groups in total. The molecule has 1 saturated carbocycles. The third kappa shape index (κ3) is 2.88. The van der Waals surface area contributed by atoms with Gasteiger partial charge in [0.1, 0.15) is 23.1 Å². The molecular formula is C15H16N2O4S2. The van der Waals surface area contributed by atoms with Gasteiger partial charge in [0.2, 0.25) is 0 Å². The monoisotopic (exact) mass is 352 g/mol. The first-order chi connectivity index (χ1) is 11.3. The molecule has 0 bridgehead atoms.